The van der Waals surface area contributed by atoms with Crippen molar-refractivity contribution in [3.8, 4) is 0 Å². The van der Waals surface area contributed by atoms with E-state index in [4.69, 9.17) is 10.5 Å². The average molecular weight is 292 g/mol. The van der Waals surface area contributed by atoms with Crippen LogP contribution >= 0.6 is 0 Å². The quantitative estimate of drug-likeness (QED) is 0.904. The van der Waals surface area contributed by atoms with Crippen LogP contribution < -0.4 is 5.73 Å². The van der Waals surface area contributed by atoms with E-state index in [1.165, 1.54) is 0 Å². The summed E-state index contributed by atoms with van der Waals surface area (Å²) in [5.74, 6) is 0. The number of carbonyl (C=O) groups excluding carboxylic acids is 1. The Morgan fingerprint density at radius 1 is 1.38 bits per heavy atom. The van der Waals surface area contributed by atoms with Crippen LogP contribution in [0, 0.1) is 0 Å². The second-order valence-corrected chi connectivity index (χ2v) is 5.28. The van der Waals surface area contributed by atoms with Gasteiger partial charge < -0.3 is 15.4 Å². The largest absolute Gasteiger partial charge is 0.450 e. The molecule has 0 aromatic carbocycles. The fraction of sp³-hybridized carbons (Fsp3) is 0.600. The molecule has 1 aliphatic rings. The summed E-state index contributed by atoms with van der Waals surface area (Å²) in [6.45, 7) is 7.11. The SMILES string of the molecule is CCOC(=O)N1CCN(C(c2ccccn2)C(C)N)CC1. The van der Waals surface area contributed by atoms with Gasteiger partial charge in [-0.25, -0.2) is 4.79 Å². The molecule has 0 saturated carbocycles. The van der Waals surface area contributed by atoms with Gasteiger partial charge in [0, 0.05) is 38.4 Å². The van der Waals surface area contributed by atoms with E-state index in [-0.39, 0.29) is 18.2 Å². The Bertz CT molecular complexity index is 444. The lowest BCUT2D eigenvalue weighted by atomic mass is 10.0. The molecule has 6 heteroatoms. The Morgan fingerprint density at radius 3 is 2.62 bits per heavy atom. The summed E-state index contributed by atoms with van der Waals surface area (Å²) in [7, 11) is 0. The molecule has 1 saturated heterocycles. The van der Waals surface area contributed by atoms with Crippen molar-refractivity contribution in [1.29, 1.82) is 0 Å². The highest BCUT2D eigenvalue weighted by Crippen LogP contribution is 2.23. The molecule has 2 atom stereocenters. The van der Waals surface area contributed by atoms with Crippen LogP contribution in [0.4, 0.5) is 4.79 Å². The van der Waals surface area contributed by atoms with Crippen molar-refractivity contribution in [3.05, 3.63) is 30.1 Å². The molecule has 1 amide bonds. The van der Waals surface area contributed by atoms with E-state index in [1.54, 1.807) is 11.1 Å². The van der Waals surface area contributed by atoms with Crippen LogP contribution in [0.3, 0.4) is 0 Å². The van der Waals surface area contributed by atoms with Gasteiger partial charge in [-0.1, -0.05) is 6.07 Å². The van der Waals surface area contributed by atoms with E-state index in [1.807, 2.05) is 32.0 Å². The summed E-state index contributed by atoms with van der Waals surface area (Å²) in [4.78, 5) is 20.2. The summed E-state index contributed by atoms with van der Waals surface area (Å²) in [5, 5.41) is 0. The first-order valence-electron chi connectivity index (χ1n) is 7.45. The summed E-state index contributed by atoms with van der Waals surface area (Å²) >= 11 is 0. The standard InChI is InChI=1S/C15H24N4O2/c1-3-21-15(20)19-10-8-18(9-11-19)14(12(2)16)13-6-4-5-7-17-13/h4-7,12,14H,3,8-11,16H2,1-2H3. The van der Waals surface area contributed by atoms with Crippen LogP contribution in [-0.4, -0.2) is 59.7 Å². The van der Waals surface area contributed by atoms with Gasteiger partial charge in [-0.3, -0.25) is 9.88 Å². The molecule has 116 valence electrons. The maximum atomic E-state index is 11.7. The van der Waals surface area contributed by atoms with E-state index >= 15 is 0 Å². The molecular weight excluding hydrogens is 268 g/mol. The van der Waals surface area contributed by atoms with Crippen LogP contribution in [0.5, 0.6) is 0 Å². The van der Waals surface area contributed by atoms with Gasteiger partial charge >= 0.3 is 6.09 Å². The van der Waals surface area contributed by atoms with Crippen LogP contribution in [0.15, 0.2) is 24.4 Å². The molecule has 6 nitrogen and oxygen atoms in total. The zero-order chi connectivity index (χ0) is 15.2. The van der Waals surface area contributed by atoms with Crippen molar-refractivity contribution in [2.75, 3.05) is 32.8 Å². The summed E-state index contributed by atoms with van der Waals surface area (Å²) in [5.41, 5.74) is 7.14. The fourth-order valence-corrected chi connectivity index (χ4v) is 2.74. The van der Waals surface area contributed by atoms with Gasteiger partial charge in [0.25, 0.3) is 0 Å². The van der Waals surface area contributed by atoms with Gasteiger partial charge in [0.15, 0.2) is 0 Å². The third-order valence-corrected chi connectivity index (χ3v) is 3.72. The second kappa shape index (κ2) is 7.38. The van der Waals surface area contributed by atoms with E-state index in [0.29, 0.717) is 19.7 Å². The van der Waals surface area contributed by atoms with E-state index in [2.05, 4.69) is 9.88 Å². The third kappa shape index (κ3) is 3.92. The molecule has 2 heterocycles. The van der Waals surface area contributed by atoms with Gasteiger partial charge in [-0.05, 0) is 26.0 Å². The van der Waals surface area contributed by atoms with Crippen molar-refractivity contribution in [3.63, 3.8) is 0 Å². The molecule has 2 unspecified atom stereocenters. The molecule has 1 aromatic heterocycles. The third-order valence-electron chi connectivity index (χ3n) is 3.72. The number of nitrogens with zero attached hydrogens (tertiary/aromatic N) is 3. The summed E-state index contributed by atoms with van der Waals surface area (Å²) in [6.07, 6.45) is 1.56. The number of piperazine rings is 1. The molecule has 1 fully saturated rings. The molecule has 0 spiro atoms. The number of rotatable bonds is 4. The smallest absolute Gasteiger partial charge is 0.409 e. The normalized spacial score (nSPS) is 19.1. The van der Waals surface area contributed by atoms with Gasteiger partial charge in [0.1, 0.15) is 0 Å². The molecule has 1 aromatic rings. The number of carbonyl (C=O) groups is 1. The number of nitrogens with two attached hydrogens (primary N) is 1. The molecule has 0 aliphatic carbocycles. The molecule has 2 N–H and O–H groups in total. The zero-order valence-corrected chi connectivity index (χ0v) is 12.7. The molecule has 2 rings (SSSR count). The van der Waals surface area contributed by atoms with Gasteiger partial charge in [-0.2, -0.15) is 0 Å². The maximum Gasteiger partial charge on any atom is 0.409 e. The molecule has 1 aliphatic heterocycles. The highest BCUT2D eigenvalue weighted by Gasteiger charge is 2.30. The van der Waals surface area contributed by atoms with E-state index in [0.717, 1.165) is 18.8 Å². The lowest BCUT2D eigenvalue weighted by Crippen LogP contribution is -2.52. The first kappa shape index (κ1) is 15.7. The topological polar surface area (TPSA) is 71.7 Å². The molecule has 21 heavy (non-hydrogen) atoms. The summed E-state index contributed by atoms with van der Waals surface area (Å²) in [6, 6.07) is 5.95. The molecular formula is C15H24N4O2. The Hall–Kier alpha value is -1.66. The molecule has 0 bridgehead atoms. The van der Waals surface area contributed by atoms with Crippen LogP contribution in [0.25, 0.3) is 0 Å². The average Bonchev–Trinajstić information content (AvgIpc) is 2.49. The minimum absolute atomic E-state index is 0.0194. The highest BCUT2D eigenvalue weighted by molar-refractivity contribution is 5.67. The van der Waals surface area contributed by atoms with E-state index in [9.17, 15) is 4.79 Å². The predicted octanol–water partition coefficient (Wildman–Crippen LogP) is 1.24. The lowest BCUT2D eigenvalue weighted by Gasteiger charge is -2.40. The van der Waals surface area contributed by atoms with Crippen molar-refractivity contribution in [1.82, 2.24) is 14.8 Å². The maximum absolute atomic E-state index is 11.7. The van der Waals surface area contributed by atoms with Crippen LogP contribution in [0.1, 0.15) is 25.6 Å². The Balaban J connectivity index is 2.00. The van der Waals surface area contributed by atoms with Crippen molar-refractivity contribution < 1.29 is 9.53 Å². The zero-order valence-electron chi connectivity index (χ0n) is 12.7. The lowest BCUT2D eigenvalue weighted by molar-refractivity contribution is 0.0610. The fourth-order valence-electron chi connectivity index (χ4n) is 2.74. The van der Waals surface area contributed by atoms with Crippen LogP contribution in [0.2, 0.25) is 0 Å². The summed E-state index contributed by atoms with van der Waals surface area (Å²) < 4.78 is 5.04. The minimum atomic E-state index is -0.229. The minimum Gasteiger partial charge on any atom is -0.450 e. The Labute approximate surface area is 125 Å². The Morgan fingerprint density at radius 2 is 2.10 bits per heavy atom. The number of aromatic nitrogens is 1. The van der Waals surface area contributed by atoms with Crippen LogP contribution in [-0.2, 0) is 4.74 Å². The van der Waals surface area contributed by atoms with Crippen molar-refractivity contribution in [2.24, 2.45) is 5.73 Å². The van der Waals surface area contributed by atoms with E-state index < -0.39 is 0 Å². The van der Waals surface area contributed by atoms with Gasteiger partial charge in [0.2, 0.25) is 0 Å². The van der Waals surface area contributed by atoms with Gasteiger partial charge in [-0.15, -0.1) is 0 Å². The predicted molar refractivity (Wildman–Crippen MR) is 80.8 cm³/mol. The monoisotopic (exact) mass is 292 g/mol. The van der Waals surface area contributed by atoms with Gasteiger partial charge in [0.05, 0.1) is 18.3 Å². The number of ether oxygens (including phenoxy) is 1. The highest BCUT2D eigenvalue weighted by atomic mass is 16.6. The number of pyridine rings is 1. The Kier molecular flexibility index (Phi) is 5.52. The number of hydrogen-bond acceptors (Lipinski definition) is 5. The number of hydrogen-bond donors (Lipinski definition) is 1. The first-order chi connectivity index (χ1) is 10.1. The number of amides is 1. The van der Waals surface area contributed by atoms with Crippen molar-refractivity contribution in [2.45, 2.75) is 25.9 Å². The first-order valence-corrected chi connectivity index (χ1v) is 7.45. The second-order valence-electron chi connectivity index (χ2n) is 5.28. The van der Waals surface area contributed by atoms with Crippen molar-refractivity contribution >= 4 is 6.09 Å². The molecule has 0 radical (unpaired) electrons.